The summed E-state index contributed by atoms with van der Waals surface area (Å²) in [7, 11) is 0. The number of furan rings is 1. The van der Waals surface area contributed by atoms with Crippen molar-refractivity contribution in [3.63, 3.8) is 0 Å². The lowest BCUT2D eigenvalue weighted by molar-refractivity contribution is -0.146. The SMILES string of the molecule is CCOC(=O)CCC(=O)N1CCN(C(=O)c2cc3ccoc3n2Cc2cccc(C)c2)CC1C. The summed E-state index contributed by atoms with van der Waals surface area (Å²) >= 11 is 0. The van der Waals surface area contributed by atoms with Crippen molar-refractivity contribution in [2.24, 2.45) is 0 Å². The van der Waals surface area contributed by atoms with Crippen LogP contribution in [0.15, 0.2) is 47.1 Å². The summed E-state index contributed by atoms with van der Waals surface area (Å²) in [6.07, 6.45) is 1.82. The number of carbonyl (C=O) groups is 3. The number of ether oxygens (including phenoxy) is 1. The average molecular weight is 466 g/mol. The number of carbonyl (C=O) groups excluding carboxylic acids is 3. The highest BCUT2D eigenvalue weighted by molar-refractivity contribution is 5.98. The summed E-state index contributed by atoms with van der Waals surface area (Å²) in [5.41, 5.74) is 3.50. The number of aryl methyl sites for hydroxylation is 1. The van der Waals surface area contributed by atoms with Crippen LogP contribution in [-0.4, -0.2) is 64.4 Å². The van der Waals surface area contributed by atoms with E-state index in [4.69, 9.17) is 9.15 Å². The molecule has 0 N–H and O–H groups in total. The number of hydrogen-bond donors (Lipinski definition) is 0. The largest absolute Gasteiger partial charge is 0.466 e. The van der Waals surface area contributed by atoms with E-state index in [-0.39, 0.29) is 36.7 Å². The van der Waals surface area contributed by atoms with Gasteiger partial charge in [0.25, 0.3) is 5.91 Å². The molecule has 8 heteroatoms. The molecule has 0 saturated carbocycles. The summed E-state index contributed by atoms with van der Waals surface area (Å²) in [5.74, 6) is -0.534. The van der Waals surface area contributed by atoms with Gasteiger partial charge < -0.3 is 23.5 Å². The minimum atomic E-state index is -0.365. The first kappa shape index (κ1) is 23.6. The highest BCUT2D eigenvalue weighted by Crippen LogP contribution is 2.25. The first-order valence-corrected chi connectivity index (χ1v) is 11.7. The third-order valence-electron chi connectivity index (χ3n) is 6.23. The Morgan fingerprint density at radius 1 is 1.12 bits per heavy atom. The second-order valence-electron chi connectivity index (χ2n) is 8.78. The van der Waals surface area contributed by atoms with E-state index >= 15 is 0 Å². The highest BCUT2D eigenvalue weighted by Gasteiger charge is 2.32. The van der Waals surface area contributed by atoms with Crippen molar-refractivity contribution in [1.29, 1.82) is 0 Å². The summed E-state index contributed by atoms with van der Waals surface area (Å²) in [5, 5.41) is 0.886. The average Bonchev–Trinajstić information content (AvgIpc) is 3.40. The molecule has 3 aromatic rings. The monoisotopic (exact) mass is 465 g/mol. The van der Waals surface area contributed by atoms with Crippen LogP contribution < -0.4 is 0 Å². The summed E-state index contributed by atoms with van der Waals surface area (Å²) in [6.45, 7) is 7.85. The summed E-state index contributed by atoms with van der Waals surface area (Å²) < 4.78 is 12.5. The van der Waals surface area contributed by atoms with E-state index in [9.17, 15) is 14.4 Å². The first-order chi connectivity index (χ1) is 16.4. The molecule has 34 heavy (non-hydrogen) atoms. The molecule has 8 nitrogen and oxygen atoms in total. The predicted octanol–water partition coefficient (Wildman–Crippen LogP) is 3.61. The lowest BCUT2D eigenvalue weighted by Gasteiger charge is -2.40. The van der Waals surface area contributed by atoms with Gasteiger partial charge in [0.2, 0.25) is 11.6 Å². The number of aromatic nitrogens is 1. The Morgan fingerprint density at radius 3 is 2.68 bits per heavy atom. The van der Waals surface area contributed by atoms with E-state index in [2.05, 4.69) is 6.07 Å². The van der Waals surface area contributed by atoms with E-state index < -0.39 is 0 Å². The van der Waals surface area contributed by atoms with E-state index in [1.165, 1.54) is 0 Å². The van der Waals surface area contributed by atoms with Crippen LogP contribution in [0.5, 0.6) is 0 Å². The van der Waals surface area contributed by atoms with Gasteiger partial charge in [-0.05, 0) is 38.5 Å². The number of amides is 2. The zero-order valence-corrected chi connectivity index (χ0v) is 20.0. The normalized spacial score (nSPS) is 16.1. The lowest BCUT2D eigenvalue weighted by Crippen LogP contribution is -2.55. The second kappa shape index (κ2) is 10.2. The zero-order valence-electron chi connectivity index (χ0n) is 20.0. The maximum atomic E-state index is 13.6. The van der Waals surface area contributed by atoms with E-state index in [0.717, 1.165) is 16.5 Å². The van der Waals surface area contributed by atoms with Gasteiger partial charge in [-0.2, -0.15) is 0 Å². The molecule has 0 bridgehead atoms. The molecule has 1 aromatic carbocycles. The van der Waals surface area contributed by atoms with E-state index in [1.807, 2.05) is 48.7 Å². The second-order valence-corrected chi connectivity index (χ2v) is 8.78. The molecule has 1 unspecified atom stereocenters. The Balaban J connectivity index is 1.47. The van der Waals surface area contributed by atoms with Crippen molar-refractivity contribution >= 4 is 28.9 Å². The van der Waals surface area contributed by atoms with Crippen LogP contribution in [0.2, 0.25) is 0 Å². The molecule has 1 fully saturated rings. The summed E-state index contributed by atoms with van der Waals surface area (Å²) in [6, 6.07) is 11.8. The number of rotatable bonds is 7. The van der Waals surface area contributed by atoms with Crippen LogP contribution in [0.25, 0.3) is 11.1 Å². The van der Waals surface area contributed by atoms with Crippen molar-refractivity contribution in [2.45, 2.75) is 46.2 Å². The molecule has 2 aromatic heterocycles. The first-order valence-electron chi connectivity index (χ1n) is 11.7. The minimum absolute atomic E-state index is 0.0735. The third kappa shape index (κ3) is 5.00. The fourth-order valence-corrected chi connectivity index (χ4v) is 4.56. The molecule has 4 rings (SSSR count). The molecule has 0 spiro atoms. The van der Waals surface area contributed by atoms with Crippen LogP contribution in [0.4, 0.5) is 0 Å². The van der Waals surface area contributed by atoms with Crippen LogP contribution in [0.3, 0.4) is 0 Å². The van der Waals surface area contributed by atoms with Crippen molar-refractivity contribution in [3.05, 3.63) is 59.5 Å². The van der Waals surface area contributed by atoms with E-state index in [0.29, 0.717) is 44.2 Å². The Hall–Kier alpha value is -3.55. The van der Waals surface area contributed by atoms with Gasteiger partial charge >= 0.3 is 5.97 Å². The fourth-order valence-electron chi connectivity index (χ4n) is 4.56. The van der Waals surface area contributed by atoms with Crippen molar-refractivity contribution in [1.82, 2.24) is 14.4 Å². The van der Waals surface area contributed by atoms with Gasteiger partial charge in [-0.3, -0.25) is 14.4 Å². The molecule has 1 atom stereocenters. The van der Waals surface area contributed by atoms with Crippen LogP contribution >= 0.6 is 0 Å². The van der Waals surface area contributed by atoms with E-state index in [1.54, 1.807) is 23.0 Å². The number of esters is 1. The quantitative estimate of drug-likeness (QED) is 0.498. The third-order valence-corrected chi connectivity index (χ3v) is 6.23. The Kier molecular flexibility index (Phi) is 7.05. The highest BCUT2D eigenvalue weighted by atomic mass is 16.5. The predicted molar refractivity (Wildman–Crippen MR) is 127 cm³/mol. The van der Waals surface area contributed by atoms with Crippen LogP contribution in [-0.2, 0) is 20.9 Å². The number of nitrogens with zero attached hydrogens (tertiary/aromatic N) is 3. The molecule has 180 valence electrons. The Morgan fingerprint density at radius 2 is 1.94 bits per heavy atom. The van der Waals surface area contributed by atoms with Crippen molar-refractivity contribution in [2.75, 3.05) is 26.2 Å². The molecule has 0 aliphatic carbocycles. The van der Waals surface area contributed by atoms with Gasteiger partial charge in [-0.25, -0.2) is 0 Å². The van der Waals surface area contributed by atoms with Crippen LogP contribution in [0, 0.1) is 6.92 Å². The smallest absolute Gasteiger partial charge is 0.306 e. The molecule has 2 amide bonds. The van der Waals surface area contributed by atoms with Crippen LogP contribution in [0.1, 0.15) is 48.3 Å². The van der Waals surface area contributed by atoms with Crippen molar-refractivity contribution < 1.29 is 23.5 Å². The number of fused-ring (bicyclic) bond motifs is 1. The Bertz CT molecular complexity index is 1190. The molecule has 0 radical (unpaired) electrons. The maximum absolute atomic E-state index is 13.6. The summed E-state index contributed by atoms with van der Waals surface area (Å²) in [4.78, 5) is 41.3. The van der Waals surface area contributed by atoms with Gasteiger partial charge in [-0.1, -0.05) is 29.8 Å². The minimum Gasteiger partial charge on any atom is -0.466 e. The van der Waals surface area contributed by atoms with Gasteiger partial charge in [-0.15, -0.1) is 0 Å². The molecule has 1 aliphatic heterocycles. The molecule has 3 heterocycles. The lowest BCUT2D eigenvalue weighted by atomic mass is 10.1. The van der Waals surface area contributed by atoms with Gasteiger partial charge in [0.05, 0.1) is 25.8 Å². The number of piperazine rings is 1. The zero-order chi connectivity index (χ0) is 24.2. The Labute approximate surface area is 199 Å². The molecule has 1 saturated heterocycles. The number of benzene rings is 1. The van der Waals surface area contributed by atoms with Gasteiger partial charge in [0.15, 0.2) is 0 Å². The number of hydrogen-bond acceptors (Lipinski definition) is 5. The van der Waals surface area contributed by atoms with Gasteiger partial charge in [0, 0.05) is 37.5 Å². The van der Waals surface area contributed by atoms with Gasteiger partial charge in [0.1, 0.15) is 5.69 Å². The van der Waals surface area contributed by atoms with Crippen molar-refractivity contribution in [3.8, 4) is 0 Å². The topological polar surface area (TPSA) is 85.0 Å². The maximum Gasteiger partial charge on any atom is 0.306 e. The molecular formula is C26H31N3O5. The molecular weight excluding hydrogens is 434 g/mol. The standard InChI is InChI=1S/C26H31N3O5/c1-4-33-24(31)9-8-23(30)28-12-11-27(16-19(28)3)25(32)22-15-21-10-13-34-26(21)29(22)17-20-7-5-6-18(2)14-20/h5-7,10,13-15,19H,4,8-9,11-12,16-17H2,1-3H3. The fraction of sp³-hybridized carbons (Fsp3) is 0.423. The molecule has 1 aliphatic rings.